The third-order valence-electron chi connectivity index (χ3n) is 6.85. The van der Waals surface area contributed by atoms with Crippen LogP contribution in [-0.2, 0) is 16.1 Å². The van der Waals surface area contributed by atoms with E-state index in [1.54, 1.807) is 0 Å². The second-order valence-corrected chi connectivity index (χ2v) is 8.30. The average Bonchev–Trinajstić information content (AvgIpc) is 3.12. The topological polar surface area (TPSA) is 78.5 Å². The van der Waals surface area contributed by atoms with Gasteiger partial charge in [0, 0.05) is 13.0 Å². The summed E-state index contributed by atoms with van der Waals surface area (Å²) >= 11 is 0. The predicted octanol–water partition coefficient (Wildman–Crippen LogP) is 1.44. The number of nitrogens with zero attached hydrogens (tertiary/aromatic N) is 1. The van der Waals surface area contributed by atoms with Gasteiger partial charge in [0.25, 0.3) is 5.91 Å². The number of amides is 3. The molecular formula is C20H21F2N3O3. The van der Waals surface area contributed by atoms with Crippen molar-refractivity contribution in [3.8, 4) is 0 Å². The number of carbonyl (C=O) groups excluding carboxylic acids is 3. The van der Waals surface area contributed by atoms with Crippen LogP contribution in [0.1, 0.15) is 53.1 Å². The molecule has 3 amide bonds. The van der Waals surface area contributed by atoms with Gasteiger partial charge in [0.15, 0.2) is 11.6 Å². The summed E-state index contributed by atoms with van der Waals surface area (Å²) in [4.78, 5) is 37.9. The van der Waals surface area contributed by atoms with Gasteiger partial charge in [0.2, 0.25) is 11.8 Å². The number of piperidine rings is 2. The molecule has 1 aromatic rings. The highest BCUT2D eigenvalue weighted by Crippen LogP contribution is 2.49. The van der Waals surface area contributed by atoms with Crippen LogP contribution >= 0.6 is 0 Å². The highest BCUT2D eigenvalue weighted by molar-refractivity contribution is 6.05. The maximum Gasteiger partial charge on any atom is 0.258 e. The number of carbonyl (C=O) groups is 3. The van der Waals surface area contributed by atoms with Crippen molar-refractivity contribution in [3.63, 3.8) is 0 Å². The molecule has 0 spiro atoms. The van der Waals surface area contributed by atoms with Gasteiger partial charge in [-0.3, -0.25) is 19.7 Å². The standard InChI is InChI=1S/C20H21F2N3O3/c21-13-5-11(16-9-1-2-10(16)7-23-6-9)12-8-25(20(28)17(12)18(13)22)14-3-4-15(26)24-19(14)27/h5,9-10,14,16,23H,1-4,6-8H2,(H,24,26,27)/t9-,10+,14?,16?. The Kier molecular flexibility index (Phi) is 4.01. The monoisotopic (exact) mass is 389 g/mol. The van der Waals surface area contributed by atoms with E-state index in [1.165, 1.54) is 11.0 Å². The molecule has 28 heavy (non-hydrogen) atoms. The van der Waals surface area contributed by atoms with Crippen molar-refractivity contribution in [2.45, 2.75) is 44.2 Å². The summed E-state index contributed by atoms with van der Waals surface area (Å²) in [5, 5.41) is 5.62. The fourth-order valence-corrected chi connectivity index (χ4v) is 5.58. The zero-order valence-corrected chi connectivity index (χ0v) is 15.3. The molecule has 148 valence electrons. The van der Waals surface area contributed by atoms with Gasteiger partial charge in [-0.2, -0.15) is 0 Å². The van der Waals surface area contributed by atoms with Gasteiger partial charge < -0.3 is 10.2 Å². The zero-order valence-electron chi connectivity index (χ0n) is 15.3. The van der Waals surface area contributed by atoms with E-state index in [1.807, 2.05) is 0 Å². The number of benzene rings is 1. The maximum atomic E-state index is 14.6. The van der Waals surface area contributed by atoms with E-state index in [-0.39, 0.29) is 36.8 Å². The minimum absolute atomic E-state index is 0.0797. The van der Waals surface area contributed by atoms with Crippen LogP contribution in [0.25, 0.3) is 0 Å². The highest BCUT2D eigenvalue weighted by Gasteiger charge is 2.46. The molecule has 3 aliphatic heterocycles. The minimum Gasteiger partial charge on any atom is -0.322 e. The molecule has 4 atom stereocenters. The van der Waals surface area contributed by atoms with E-state index in [9.17, 15) is 23.2 Å². The number of halogens is 2. The summed E-state index contributed by atoms with van der Waals surface area (Å²) in [5.74, 6) is -2.97. The smallest absolute Gasteiger partial charge is 0.258 e. The predicted molar refractivity (Wildman–Crippen MR) is 94.2 cm³/mol. The Balaban J connectivity index is 1.55. The van der Waals surface area contributed by atoms with Gasteiger partial charge in [0.05, 0.1) is 5.56 Å². The molecule has 6 nitrogen and oxygen atoms in total. The Labute approximate surface area is 160 Å². The first-order valence-corrected chi connectivity index (χ1v) is 9.82. The molecule has 2 N–H and O–H groups in total. The van der Waals surface area contributed by atoms with Crippen molar-refractivity contribution in [1.82, 2.24) is 15.5 Å². The van der Waals surface area contributed by atoms with E-state index < -0.39 is 29.5 Å². The summed E-state index contributed by atoms with van der Waals surface area (Å²) in [7, 11) is 0. The van der Waals surface area contributed by atoms with Crippen molar-refractivity contribution in [2.24, 2.45) is 11.8 Å². The minimum atomic E-state index is -1.14. The van der Waals surface area contributed by atoms with E-state index in [4.69, 9.17) is 0 Å². The van der Waals surface area contributed by atoms with E-state index in [0.717, 1.165) is 25.9 Å². The Morgan fingerprint density at radius 1 is 1.04 bits per heavy atom. The quantitative estimate of drug-likeness (QED) is 0.751. The van der Waals surface area contributed by atoms with Crippen molar-refractivity contribution >= 4 is 17.7 Å². The molecule has 3 heterocycles. The summed E-state index contributed by atoms with van der Waals surface area (Å²) in [6, 6.07) is 0.425. The molecule has 0 aromatic heterocycles. The van der Waals surface area contributed by atoms with Crippen LogP contribution in [0.5, 0.6) is 0 Å². The van der Waals surface area contributed by atoms with Crippen LogP contribution in [0.15, 0.2) is 6.07 Å². The van der Waals surface area contributed by atoms with E-state index in [2.05, 4.69) is 10.6 Å². The largest absolute Gasteiger partial charge is 0.322 e. The molecule has 2 bridgehead atoms. The van der Waals surface area contributed by atoms with Crippen molar-refractivity contribution in [1.29, 1.82) is 0 Å². The number of hydrogen-bond donors (Lipinski definition) is 2. The van der Waals surface area contributed by atoms with E-state index in [0.29, 0.717) is 23.0 Å². The Morgan fingerprint density at radius 2 is 1.75 bits per heavy atom. The first-order chi connectivity index (χ1) is 13.5. The van der Waals surface area contributed by atoms with Crippen molar-refractivity contribution in [2.75, 3.05) is 13.1 Å². The molecule has 2 saturated heterocycles. The first kappa shape index (κ1) is 17.7. The molecule has 3 fully saturated rings. The molecule has 1 aliphatic carbocycles. The van der Waals surface area contributed by atoms with Gasteiger partial charge in [-0.05, 0) is 67.3 Å². The van der Waals surface area contributed by atoms with Crippen LogP contribution in [-0.4, -0.2) is 41.8 Å². The normalized spacial score (nSPS) is 31.9. The summed E-state index contributed by atoms with van der Waals surface area (Å²) in [5.41, 5.74) is 0.987. The van der Waals surface area contributed by atoms with Crippen LogP contribution < -0.4 is 10.6 Å². The third kappa shape index (κ3) is 2.50. The van der Waals surface area contributed by atoms with Crippen molar-refractivity contribution in [3.05, 3.63) is 34.4 Å². The van der Waals surface area contributed by atoms with Gasteiger partial charge in [-0.1, -0.05) is 0 Å². The first-order valence-electron chi connectivity index (χ1n) is 9.82. The molecule has 5 rings (SSSR count). The summed E-state index contributed by atoms with van der Waals surface area (Å²) in [6.07, 6.45) is 2.38. The number of rotatable bonds is 2. The second kappa shape index (κ2) is 6.34. The molecule has 1 aromatic carbocycles. The van der Waals surface area contributed by atoms with Gasteiger partial charge in [-0.15, -0.1) is 0 Å². The average molecular weight is 389 g/mol. The number of nitrogens with one attached hydrogen (secondary N) is 2. The Hall–Kier alpha value is -2.35. The van der Waals surface area contributed by atoms with Crippen LogP contribution in [0.2, 0.25) is 0 Å². The number of fused-ring (bicyclic) bond motifs is 3. The van der Waals surface area contributed by atoms with E-state index >= 15 is 0 Å². The molecule has 0 radical (unpaired) electrons. The number of hydrogen-bond acceptors (Lipinski definition) is 4. The zero-order chi connectivity index (χ0) is 19.6. The fraction of sp³-hybridized carbons (Fsp3) is 0.550. The maximum absolute atomic E-state index is 14.6. The Morgan fingerprint density at radius 3 is 2.43 bits per heavy atom. The lowest BCUT2D eigenvalue weighted by Gasteiger charge is -2.33. The third-order valence-corrected chi connectivity index (χ3v) is 6.85. The number of imide groups is 1. The second-order valence-electron chi connectivity index (χ2n) is 8.30. The highest BCUT2D eigenvalue weighted by atomic mass is 19.2. The van der Waals surface area contributed by atoms with Crippen LogP contribution in [0.4, 0.5) is 8.78 Å². The van der Waals surface area contributed by atoms with Gasteiger partial charge in [-0.25, -0.2) is 8.78 Å². The van der Waals surface area contributed by atoms with Gasteiger partial charge >= 0.3 is 0 Å². The lowest BCUT2D eigenvalue weighted by atomic mass is 9.78. The molecular weight excluding hydrogens is 368 g/mol. The van der Waals surface area contributed by atoms with Crippen LogP contribution in [0, 0.1) is 23.5 Å². The lowest BCUT2D eigenvalue weighted by molar-refractivity contribution is -0.136. The molecule has 4 aliphatic rings. The summed E-state index contributed by atoms with van der Waals surface area (Å²) < 4.78 is 29.1. The Bertz CT molecular complexity index is 887. The molecule has 1 saturated carbocycles. The fourth-order valence-electron chi connectivity index (χ4n) is 5.58. The van der Waals surface area contributed by atoms with Crippen molar-refractivity contribution < 1.29 is 23.2 Å². The lowest BCUT2D eigenvalue weighted by Crippen LogP contribution is -2.52. The SMILES string of the molecule is O=C1CCC(N2Cc3c(C4[C@@H]5CC[C@H]4CNC5)cc(F)c(F)c3C2=O)C(=O)N1. The van der Waals surface area contributed by atoms with Gasteiger partial charge in [0.1, 0.15) is 6.04 Å². The summed E-state index contributed by atoms with van der Waals surface area (Å²) in [6.45, 7) is 1.75. The molecule has 8 heteroatoms. The van der Waals surface area contributed by atoms with Crippen LogP contribution in [0.3, 0.4) is 0 Å². The molecule has 2 unspecified atom stereocenters.